The number of pyridine rings is 1. The summed E-state index contributed by atoms with van der Waals surface area (Å²) in [4.78, 5) is 27.9. The average molecular weight is 555 g/mol. The number of carbonyl (C=O) groups excluding carboxylic acids is 1. The number of anilines is 3. The van der Waals surface area contributed by atoms with E-state index in [1.165, 1.54) is 0 Å². The fourth-order valence-corrected chi connectivity index (χ4v) is 4.55. The number of amides is 1. The number of benzene rings is 1. The first-order valence-electron chi connectivity index (χ1n) is 12.7. The highest BCUT2D eigenvalue weighted by molar-refractivity contribution is 7.85. The first kappa shape index (κ1) is 28.2. The predicted molar refractivity (Wildman–Crippen MR) is 149 cm³/mol. The zero-order valence-electron chi connectivity index (χ0n) is 22.5. The number of nitrogens with zero attached hydrogens (tertiary/aromatic N) is 4. The number of nitrogens with one attached hydrogen (secondary N) is 2. The van der Waals surface area contributed by atoms with E-state index in [1.54, 1.807) is 30.6 Å². The van der Waals surface area contributed by atoms with Gasteiger partial charge in [0.25, 0.3) is 10.1 Å². The number of alkyl carbamates (subject to hydrolysis) is 1. The Bertz CT molecular complexity index is 1390. The molecule has 1 atom stereocenters. The molecule has 2 aromatic heterocycles. The second-order valence-electron chi connectivity index (χ2n) is 10.3. The molecule has 1 aliphatic heterocycles. The third-order valence-corrected chi connectivity index (χ3v) is 6.42. The van der Waals surface area contributed by atoms with Crippen molar-refractivity contribution in [3.63, 3.8) is 0 Å². The molecule has 0 saturated carbocycles. The summed E-state index contributed by atoms with van der Waals surface area (Å²) in [6.45, 7) is 6.82. The minimum absolute atomic E-state index is 0.0534. The lowest BCUT2D eigenvalue weighted by Gasteiger charge is -2.27. The zero-order chi connectivity index (χ0) is 28.0. The van der Waals surface area contributed by atoms with Gasteiger partial charge in [0.1, 0.15) is 11.4 Å². The lowest BCUT2D eigenvalue weighted by molar-refractivity contribution is 0.0524. The molecule has 3 aromatic rings. The van der Waals surface area contributed by atoms with Crippen LogP contribution in [0.25, 0.3) is 11.3 Å². The van der Waals surface area contributed by atoms with Crippen LogP contribution in [0.5, 0.6) is 0 Å². The standard InChI is InChI=1S/C27H34N6O5S/c1-27(2,3)38-26(34)30-17-22-9-6-14-33(22)24-11-10-20(16-29-24)23-12-13-28-25(32-23)31-21-8-5-7-19(15-21)18-37-39(4,35)36/h5,7-8,10-13,15-16,22H,6,9,14,17-18H2,1-4H3,(H,30,34)(H,28,31,32). The van der Waals surface area contributed by atoms with E-state index in [0.717, 1.165) is 37.0 Å². The van der Waals surface area contributed by atoms with Gasteiger partial charge in [0.05, 0.1) is 18.6 Å². The Morgan fingerprint density at radius 1 is 1.15 bits per heavy atom. The molecule has 12 heteroatoms. The first-order chi connectivity index (χ1) is 18.4. The van der Waals surface area contributed by atoms with E-state index < -0.39 is 21.8 Å². The molecular weight excluding hydrogens is 520 g/mol. The van der Waals surface area contributed by atoms with Crippen molar-refractivity contribution in [3.05, 3.63) is 60.4 Å². The Morgan fingerprint density at radius 2 is 1.97 bits per heavy atom. The molecule has 1 aliphatic rings. The van der Waals surface area contributed by atoms with Gasteiger partial charge in [-0.05, 0) is 69.5 Å². The molecule has 0 radical (unpaired) electrons. The monoisotopic (exact) mass is 554 g/mol. The van der Waals surface area contributed by atoms with Crippen molar-refractivity contribution in [1.29, 1.82) is 0 Å². The number of hydrogen-bond donors (Lipinski definition) is 2. The topological polar surface area (TPSA) is 136 Å². The maximum absolute atomic E-state index is 12.1. The van der Waals surface area contributed by atoms with Crippen LogP contribution in [0.15, 0.2) is 54.9 Å². The molecule has 39 heavy (non-hydrogen) atoms. The van der Waals surface area contributed by atoms with Crippen molar-refractivity contribution in [2.45, 2.75) is 51.9 Å². The molecule has 11 nitrogen and oxygen atoms in total. The van der Waals surface area contributed by atoms with E-state index in [2.05, 4.69) is 30.5 Å². The van der Waals surface area contributed by atoms with Gasteiger partial charge in [-0.1, -0.05) is 12.1 Å². The summed E-state index contributed by atoms with van der Waals surface area (Å²) in [5, 5.41) is 6.02. The molecule has 1 aromatic carbocycles. The maximum atomic E-state index is 12.1. The summed E-state index contributed by atoms with van der Waals surface area (Å²) >= 11 is 0. The van der Waals surface area contributed by atoms with Crippen molar-refractivity contribution in [1.82, 2.24) is 20.3 Å². The molecule has 2 N–H and O–H groups in total. The molecule has 0 spiro atoms. The highest BCUT2D eigenvalue weighted by Crippen LogP contribution is 2.26. The molecule has 3 heterocycles. The smallest absolute Gasteiger partial charge is 0.407 e. The van der Waals surface area contributed by atoms with Crippen LogP contribution in [0.3, 0.4) is 0 Å². The Hall–Kier alpha value is -3.77. The van der Waals surface area contributed by atoms with Crippen LogP contribution in [-0.4, -0.2) is 60.5 Å². The van der Waals surface area contributed by atoms with Crippen LogP contribution in [0, 0.1) is 0 Å². The van der Waals surface area contributed by atoms with E-state index in [-0.39, 0.29) is 12.6 Å². The molecule has 1 unspecified atom stereocenters. The number of ether oxygens (including phenoxy) is 1. The van der Waals surface area contributed by atoms with Gasteiger partial charge in [-0.25, -0.2) is 19.7 Å². The fraction of sp³-hybridized carbons (Fsp3) is 0.407. The summed E-state index contributed by atoms with van der Waals surface area (Å²) in [7, 11) is -3.53. The Labute approximate surface area is 229 Å². The van der Waals surface area contributed by atoms with Gasteiger partial charge in [-0.15, -0.1) is 0 Å². The average Bonchev–Trinajstić information content (AvgIpc) is 3.34. The van der Waals surface area contributed by atoms with Gasteiger partial charge < -0.3 is 20.3 Å². The van der Waals surface area contributed by atoms with Crippen molar-refractivity contribution in [3.8, 4) is 11.3 Å². The molecule has 4 rings (SSSR count). The van der Waals surface area contributed by atoms with Crippen molar-refractivity contribution < 1.29 is 22.1 Å². The molecule has 0 bridgehead atoms. The molecule has 0 aliphatic carbocycles. The van der Waals surface area contributed by atoms with Crippen LogP contribution in [0.4, 0.5) is 22.2 Å². The summed E-state index contributed by atoms with van der Waals surface area (Å²) in [5.74, 6) is 1.23. The van der Waals surface area contributed by atoms with E-state index in [4.69, 9.17) is 8.92 Å². The van der Waals surface area contributed by atoms with Crippen LogP contribution in [0.2, 0.25) is 0 Å². The zero-order valence-corrected chi connectivity index (χ0v) is 23.4. The second-order valence-corrected chi connectivity index (χ2v) is 12.0. The van der Waals surface area contributed by atoms with Crippen LogP contribution in [0.1, 0.15) is 39.2 Å². The molecular formula is C27H34N6O5S. The molecule has 1 amide bonds. The van der Waals surface area contributed by atoms with Crippen molar-refractivity contribution in [2.24, 2.45) is 0 Å². The number of carbonyl (C=O) groups is 1. The normalized spacial score (nSPS) is 15.7. The van der Waals surface area contributed by atoms with Gasteiger partial charge in [0.15, 0.2) is 0 Å². The molecule has 1 saturated heterocycles. The van der Waals surface area contributed by atoms with E-state index >= 15 is 0 Å². The van der Waals surface area contributed by atoms with Crippen LogP contribution >= 0.6 is 0 Å². The van der Waals surface area contributed by atoms with Gasteiger partial charge >= 0.3 is 6.09 Å². The number of aromatic nitrogens is 3. The minimum Gasteiger partial charge on any atom is -0.444 e. The van der Waals surface area contributed by atoms with Crippen LogP contribution in [-0.2, 0) is 25.6 Å². The SMILES string of the molecule is CC(C)(C)OC(=O)NCC1CCCN1c1ccc(-c2ccnc(Nc3cccc(COS(C)(=O)=O)c3)n2)cn1. The van der Waals surface area contributed by atoms with Gasteiger partial charge in [0.2, 0.25) is 5.95 Å². The van der Waals surface area contributed by atoms with Gasteiger partial charge in [0, 0.05) is 42.8 Å². The highest BCUT2D eigenvalue weighted by atomic mass is 32.2. The summed E-state index contributed by atoms with van der Waals surface area (Å²) in [5.41, 5.74) is 2.40. The third-order valence-electron chi connectivity index (χ3n) is 5.87. The summed E-state index contributed by atoms with van der Waals surface area (Å²) < 4.78 is 32.8. The fourth-order valence-electron chi connectivity index (χ4n) is 4.20. The molecule has 208 valence electrons. The van der Waals surface area contributed by atoms with Crippen molar-refractivity contribution in [2.75, 3.05) is 29.6 Å². The summed E-state index contributed by atoms with van der Waals surface area (Å²) in [6.07, 6.45) is 6.02. The lowest BCUT2D eigenvalue weighted by atomic mass is 10.2. The molecule has 1 fully saturated rings. The predicted octanol–water partition coefficient (Wildman–Crippen LogP) is 4.25. The lowest BCUT2D eigenvalue weighted by Crippen LogP contribution is -2.42. The largest absolute Gasteiger partial charge is 0.444 e. The van der Waals surface area contributed by atoms with E-state index in [1.807, 2.05) is 45.0 Å². The van der Waals surface area contributed by atoms with Gasteiger partial charge in [-0.2, -0.15) is 8.42 Å². The summed E-state index contributed by atoms with van der Waals surface area (Å²) in [6, 6.07) is 13.1. The minimum atomic E-state index is -3.53. The van der Waals surface area contributed by atoms with E-state index in [9.17, 15) is 13.2 Å². The first-order valence-corrected chi connectivity index (χ1v) is 14.5. The maximum Gasteiger partial charge on any atom is 0.407 e. The third kappa shape index (κ3) is 8.62. The highest BCUT2D eigenvalue weighted by Gasteiger charge is 2.27. The van der Waals surface area contributed by atoms with Gasteiger partial charge in [-0.3, -0.25) is 4.18 Å². The van der Waals surface area contributed by atoms with Crippen LogP contribution < -0.4 is 15.5 Å². The second kappa shape index (κ2) is 12.0. The Balaban J connectivity index is 1.39. The quantitative estimate of drug-likeness (QED) is 0.369. The van der Waals surface area contributed by atoms with E-state index in [0.29, 0.717) is 29.4 Å². The number of hydrogen-bond acceptors (Lipinski definition) is 10. The Kier molecular flexibility index (Phi) is 8.66. The van der Waals surface area contributed by atoms with Crippen molar-refractivity contribution >= 4 is 33.7 Å². The number of rotatable bonds is 9. The Morgan fingerprint density at radius 3 is 2.69 bits per heavy atom.